The number of nitrogens with zero attached hydrogens (tertiary/aromatic N) is 1. The Morgan fingerprint density at radius 1 is 1.07 bits per heavy atom. The number of aromatic nitrogens is 1. The van der Waals surface area contributed by atoms with E-state index in [1.54, 1.807) is 0 Å². The first-order valence-electron chi connectivity index (χ1n) is 5.38. The van der Waals surface area contributed by atoms with Crippen LogP contribution in [-0.2, 0) is 6.42 Å². The molecule has 1 aromatic rings. The highest BCUT2D eigenvalue weighted by Crippen LogP contribution is 2.19. The zero-order valence-corrected chi connectivity index (χ0v) is 10.2. The second-order valence-corrected chi connectivity index (χ2v) is 4.80. The van der Waals surface area contributed by atoms with Gasteiger partial charge in [-0.1, -0.05) is 41.0 Å². The molecule has 1 heteroatoms. The molecule has 1 nitrogen and oxygen atoms in total. The summed E-state index contributed by atoms with van der Waals surface area (Å²) in [4.78, 5) is 3.98. The maximum atomic E-state index is 3.98. The number of hydrogen-bond acceptors (Lipinski definition) is 1. The molecular formula is C13H23N. The molecule has 80 valence electrons. The van der Waals surface area contributed by atoms with E-state index in [9.17, 15) is 0 Å². The maximum absolute atomic E-state index is 3.98. The lowest BCUT2D eigenvalue weighted by atomic mass is 9.89. The molecule has 0 aliphatic heterocycles. The Bertz CT molecular complexity index is 221. The second-order valence-electron chi connectivity index (χ2n) is 4.80. The first-order valence-corrected chi connectivity index (χ1v) is 5.38. The molecule has 0 saturated heterocycles. The molecule has 0 aromatic carbocycles. The van der Waals surface area contributed by atoms with Gasteiger partial charge in [-0.25, -0.2) is 0 Å². The summed E-state index contributed by atoms with van der Waals surface area (Å²) in [5, 5.41) is 0. The largest absolute Gasteiger partial charge is 0.265 e. The predicted octanol–water partition coefficient (Wildman–Crippen LogP) is 4.09. The van der Waals surface area contributed by atoms with E-state index in [1.807, 2.05) is 12.4 Å². The van der Waals surface area contributed by atoms with E-state index in [0.717, 1.165) is 6.42 Å². The number of rotatable bonds is 1. The number of hydrogen-bond donors (Lipinski definition) is 0. The van der Waals surface area contributed by atoms with Gasteiger partial charge in [0.05, 0.1) is 0 Å². The average molecular weight is 193 g/mol. The topological polar surface area (TPSA) is 12.9 Å². The van der Waals surface area contributed by atoms with E-state index in [1.165, 1.54) is 12.0 Å². The van der Waals surface area contributed by atoms with E-state index in [2.05, 4.69) is 51.7 Å². The molecule has 1 heterocycles. The van der Waals surface area contributed by atoms with Gasteiger partial charge in [0.1, 0.15) is 0 Å². The van der Waals surface area contributed by atoms with Crippen molar-refractivity contribution in [1.29, 1.82) is 0 Å². The third-order valence-electron chi connectivity index (χ3n) is 1.48. The van der Waals surface area contributed by atoms with Crippen molar-refractivity contribution in [2.75, 3.05) is 0 Å². The van der Waals surface area contributed by atoms with Crippen LogP contribution in [0.1, 0.15) is 46.6 Å². The van der Waals surface area contributed by atoms with Crippen LogP contribution in [0.3, 0.4) is 0 Å². The van der Waals surface area contributed by atoms with Crippen LogP contribution >= 0.6 is 0 Å². The highest BCUT2D eigenvalue weighted by atomic mass is 14.6. The summed E-state index contributed by atoms with van der Waals surface area (Å²) in [6, 6.07) is 4.15. The summed E-state index contributed by atoms with van der Waals surface area (Å²) in [7, 11) is 0. The fourth-order valence-corrected chi connectivity index (χ4v) is 1.11. The average Bonchev–Trinajstić information content (AvgIpc) is 2.04. The fourth-order valence-electron chi connectivity index (χ4n) is 1.11. The van der Waals surface area contributed by atoms with E-state index in [-0.39, 0.29) is 0 Å². The minimum atomic E-state index is 0.376. The molecular weight excluding hydrogens is 170 g/mol. The lowest BCUT2D eigenvalue weighted by Gasteiger charge is -2.17. The Labute approximate surface area is 88.6 Å². The van der Waals surface area contributed by atoms with E-state index in [4.69, 9.17) is 0 Å². The molecule has 0 unspecified atom stereocenters. The Balaban J connectivity index is 0.000000500. The minimum Gasteiger partial charge on any atom is -0.265 e. The molecule has 0 aliphatic rings. The molecule has 0 spiro atoms. The van der Waals surface area contributed by atoms with Crippen LogP contribution in [-0.4, -0.2) is 4.98 Å². The molecule has 0 saturated carbocycles. The lowest BCUT2D eigenvalue weighted by molar-refractivity contribution is 0.411. The first-order chi connectivity index (χ1) is 6.49. The van der Waals surface area contributed by atoms with Gasteiger partial charge in [-0.2, -0.15) is 0 Å². The van der Waals surface area contributed by atoms with Gasteiger partial charge < -0.3 is 0 Å². The Hall–Kier alpha value is -0.850. The molecule has 14 heavy (non-hydrogen) atoms. The van der Waals surface area contributed by atoms with Crippen LogP contribution in [0.2, 0.25) is 0 Å². The summed E-state index contributed by atoms with van der Waals surface area (Å²) in [5.41, 5.74) is 1.74. The summed E-state index contributed by atoms with van der Waals surface area (Å²) in [5.74, 6) is 0. The highest BCUT2D eigenvalue weighted by molar-refractivity contribution is 5.11. The maximum Gasteiger partial charge on any atom is 0.0270 e. The summed E-state index contributed by atoms with van der Waals surface area (Å²) in [6.45, 7) is 11.0. The Kier molecular flexibility index (Phi) is 6.18. The number of pyridine rings is 1. The van der Waals surface area contributed by atoms with Crippen LogP contribution in [0.5, 0.6) is 0 Å². The van der Waals surface area contributed by atoms with Crippen molar-refractivity contribution in [3.05, 3.63) is 30.1 Å². The van der Waals surface area contributed by atoms with Crippen LogP contribution < -0.4 is 0 Å². The Morgan fingerprint density at radius 2 is 1.50 bits per heavy atom. The van der Waals surface area contributed by atoms with Crippen molar-refractivity contribution in [1.82, 2.24) is 4.98 Å². The van der Waals surface area contributed by atoms with Crippen LogP contribution in [0.15, 0.2) is 24.5 Å². The van der Waals surface area contributed by atoms with Gasteiger partial charge in [0.2, 0.25) is 0 Å². The normalized spacial score (nSPS) is 10.4. The van der Waals surface area contributed by atoms with E-state index >= 15 is 0 Å². The van der Waals surface area contributed by atoms with Crippen molar-refractivity contribution >= 4 is 0 Å². The smallest absolute Gasteiger partial charge is 0.0270 e. The SMILES string of the molecule is CC(C)(C)Cc1ccncc1.CCC. The molecule has 1 aromatic heterocycles. The molecule has 0 aliphatic carbocycles. The second kappa shape index (κ2) is 6.58. The monoisotopic (exact) mass is 193 g/mol. The minimum absolute atomic E-state index is 0.376. The molecule has 0 atom stereocenters. The third kappa shape index (κ3) is 7.78. The van der Waals surface area contributed by atoms with Gasteiger partial charge in [0.25, 0.3) is 0 Å². The standard InChI is InChI=1S/C10H15N.C3H8/c1-10(2,3)8-9-4-6-11-7-5-9;1-3-2/h4-7H,8H2,1-3H3;3H2,1-2H3. The van der Waals surface area contributed by atoms with E-state index in [0.29, 0.717) is 5.41 Å². The molecule has 0 bridgehead atoms. The molecule has 0 amide bonds. The van der Waals surface area contributed by atoms with Crippen LogP contribution in [0, 0.1) is 5.41 Å². The Morgan fingerprint density at radius 3 is 1.86 bits per heavy atom. The molecule has 0 fully saturated rings. The van der Waals surface area contributed by atoms with Gasteiger partial charge in [0.15, 0.2) is 0 Å². The quantitative estimate of drug-likeness (QED) is 0.654. The van der Waals surface area contributed by atoms with Crippen molar-refractivity contribution < 1.29 is 0 Å². The van der Waals surface area contributed by atoms with Crippen LogP contribution in [0.4, 0.5) is 0 Å². The summed E-state index contributed by atoms with van der Waals surface area (Å²) < 4.78 is 0. The fraction of sp³-hybridized carbons (Fsp3) is 0.615. The first kappa shape index (κ1) is 13.2. The van der Waals surface area contributed by atoms with Crippen LogP contribution in [0.25, 0.3) is 0 Å². The summed E-state index contributed by atoms with van der Waals surface area (Å²) >= 11 is 0. The predicted molar refractivity (Wildman–Crippen MR) is 63.4 cm³/mol. The van der Waals surface area contributed by atoms with Gasteiger partial charge in [0, 0.05) is 12.4 Å². The zero-order chi connectivity index (χ0) is 11.0. The van der Waals surface area contributed by atoms with Crippen molar-refractivity contribution in [3.8, 4) is 0 Å². The van der Waals surface area contributed by atoms with Gasteiger partial charge in [-0.05, 0) is 29.5 Å². The third-order valence-corrected chi connectivity index (χ3v) is 1.48. The summed E-state index contributed by atoms with van der Waals surface area (Å²) in [6.07, 6.45) is 6.07. The zero-order valence-electron chi connectivity index (χ0n) is 10.2. The van der Waals surface area contributed by atoms with Crippen molar-refractivity contribution in [2.45, 2.75) is 47.5 Å². The van der Waals surface area contributed by atoms with Gasteiger partial charge >= 0.3 is 0 Å². The molecule has 1 rings (SSSR count). The van der Waals surface area contributed by atoms with Crippen molar-refractivity contribution in [2.24, 2.45) is 5.41 Å². The lowest BCUT2D eigenvalue weighted by Crippen LogP contribution is -2.08. The van der Waals surface area contributed by atoms with Gasteiger partial charge in [-0.15, -0.1) is 0 Å². The van der Waals surface area contributed by atoms with Crippen molar-refractivity contribution in [3.63, 3.8) is 0 Å². The van der Waals surface area contributed by atoms with E-state index < -0.39 is 0 Å². The van der Waals surface area contributed by atoms with Gasteiger partial charge in [-0.3, -0.25) is 4.98 Å². The molecule has 0 N–H and O–H groups in total. The highest BCUT2D eigenvalue weighted by Gasteiger charge is 2.10. The molecule has 0 radical (unpaired) electrons.